The van der Waals surface area contributed by atoms with E-state index in [1.165, 1.54) is 0 Å². The van der Waals surface area contributed by atoms with Crippen molar-refractivity contribution in [3.8, 4) is 0 Å². The van der Waals surface area contributed by atoms with E-state index in [2.05, 4.69) is 5.32 Å². The van der Waals surface area contributed by atoms with Crippen molar-refractivity contribution in [3.05, 3.63) is 23.8 Å². The van der Waals surface area contributed by atoms with Crippen molar-refractivity contribution in [2.24, 2.45) is 0 Å². The number of hydrogen-bond donors (Lipinski definition) is 3. The van der Waals surface area contributed by atoms with Gasteiger partial charge in [-0.05, 0) is 31.0 Å². The highest BCUT2D eigenvalue weighted by Crippen LogP contribution is 2.21. The number of nitrogen functional groups attached to an aromatic ring is 2. The summed E-state index contributed by atoms with van der Waals surface area (Å²) in [6, 6.07) is 5.28. The van der Waals surface area contributed by atoms with Crippen LogP contribution in [0.2, 0.25) is 0 Å². The minimum atomic E-state index is -0.106. The third-order valence-corrected chi connectivity index (χ3v) is 2.23. The van der Waals surface area contributed by atoms with E-state index in [0.29, 0.717) is 23.0 Å². The van der Waals surface area contributed by atoms with Gasteiger partial charge in [0.1, 0.15) is 0 Å². The van der Waals surface area contributed by atoms with Gasteiger partial charge >= 0.3 is 0 Å². The second-order valence-corrected chi connectivity index (χ2v) is 3.59. The van der Waals surface area contributed by atoms with E-state index in [9.17, 15) is 4.79 Å². The smallest absolute Gasteiger partial charge is 0.253 e. The zero-order valence-electron chi connectivity index (χ0n) is 7.79. The Kier molecular flexibility index (Phi) is 2.04. The molecule has 0 aromatic heterocycles. The van der Waals surface area contributed by atoms with E-state index in [4.69, 9.17) is 11.5 Å². The first-order valence-corrected chi connectivity index (χ1v) is 4.62. The molecule has 0 unspecified atom stereocenters. The SMILES string of the molecule is Nc1ccc(C(=O)NC2CC2)c(N)c1. The van der Waals surface area contributed by atoms with Crippen molar-refractivity contribution in [2.75, 3.05) is 11.5 Å². The predicted molar refractivity (Wildman–Crippen MR) is 55.8 cm³/mol. The molecule has 1 fully saturated rings. The Bertz CT molecular complexity index is 372. The number of carbonyl (C=O) groups excluding carboxylic acids is 1. The van der Waals surface area contributed by atoms with Crippen LogP contribution in [-0.2, 0) is 0 Å². The molecule has 4 heteroatoms. The number of nitrogens with two attached hydrogens (primary N) is 2. The fourth-order valence-electron chi connectivity index (χ4n) is 1.28. The lowest BCUT2D eigenvalue weighted by Gasteiger charge is -2.06. The fourth-order valence-corrected chi connectivity index (χ4v) is 1.28. The molecule has 1 saturated carbocycles. The van der Waals surface area contributed by atoms with Crippen LogP contribution in [0.1, 0.15) is 23.2 Å². The summed E-state index contributed by atoms with van der Waals surface area (Å²) in [5.74, 6) is -0.106. The summed E-state index contributed by atoms with van der Waals surface area (Å²) in [6.45, 7) is 0. The van der Waals surface area contributed by atoms with Gasteiger partial charge < -0.3 is 16.8 Å². The number of nitrogens with one attached hydrogen (secondary N) is 1. The quantitative estimate of drug-likeness (QED) is 0.603. The van der Waals surface area contributed by atoms with Crippen LogP contribution in [0.5, 0.6) is 0 Å². The van der Waals surface area contributed by atoms with E-state index in [1.807, 2.05) is 0 Å². The average Bonchev–Trinajstić information content (AvgIpc) is 2.87. The first-order valence-electron chi connectivity index (χ1n) is 4.62. The zero-order valence-corrected chi connectivity index (χ0v) is 7.79. The number of amides is 1. The van der Waals surface area contributed by atoms with Gasteiger partial charge in [-0.3, -0.25) is 4.79 Å². The first-order chi connectivity index (χ1) is 6.66. The van der Waals surface area contributed by atoms with Gasteiger partial charge in [-0.15, -0.1) is 0 Å². The van der Waals surface area contributed by atoms with Crippen molar-refractivity contribution in [2.45, 2.75) is 18.9 Å². The van der Waals surface area contributed by atoms with E-state index < -0.39 is 0 Å². The van der Waals surface area contributed by atoms with Gasteiger partial charge in [0.2, 0.25) is 0 Å². The lowest BCUT2D eigenvalue weighted by Crippen LogP contribution is -2.26. The molecule has 0 bridgehead atoms. The van der Waals surface area contributed by atoms with Crippen LogP contribution in [0.15, 0.2) is 18.2 Å². The topological polar surface area (TPSA) is 81.1 Å². The molecular formula is C10H13N3O. The number of anilines is 2. The highest BCUT2D eigenvalue weighted by Gasteiger charge is 2.24. The maximum atomic E-state index is 11.6. The second-order valence-electron chi connectivity index (χ2n) is 3.59. The molecule has 4 nitrogen and oxygen atoms in total. The molecular weight excluding hydrogens is 178 g/mol. The Hall–Kier alpha value is -1.71. The largest absolute Gasteiger partial charge is 0.399 e. The van der Waals surface area contributed by atoms with E-state index >= 15 is 0 Å². The summed E-state index contributed by atoms with van der Waals surface area (Å²) >= 11 is 0. The summed E-state index contributed by atoms with van der Waals surface area (Å²) < 4.78 is 0. The Morgan fingerprint density at radius 1 is 1.36 bits per heavy atom. The van der Waals surface area contributed by atoms with Crippen molar-refractivity contribution >= 4 is 17.3 Å². The Labute approximate surface area is 82.3 Å². The van der Waals surface area contributed by atoms with Gasteiger partial charge in [0, 0.05) is 17.4 Å². The molecule has 0 spiro atoms. The van der Waals surface area contributed by atoms with Crippen molar-refractivity contribution in [3.63, 3.8) is 0 Å². The Balaban J connectivity index is 2.17. The number of benzene rings is 1. The summed E-state index contributed by atoms with van der Waals surface area (Å²) in [6.07, 6.45) is 2.14. The molecule has 0 atom stereocenters. The molecule has 14 heavy (non-hydrogen) atoms. The van der Waals surface area contributed by atoms with Gasteiger partial charge in [0.05, 0.1) is 5.56 Å². The lowest BCUT2D eigenvalue weighted by atomic mass is 10.1. The van der Waals surface area contributed by atoms with Gasteiger partial charge in [0.25, 0.3) is 5.91 Å². The minimum Gasteiger partial charge on any atom is -0.399 e. The van der Waals surface area contributed by atoms with E-state index in [0.717, 1.165) is 12.8 Å². The Morgan fingerprint density at radius 2 is 2.07 bits per heavy atom. The van der Waals surface area contributed by atoms with Crippen LogP contribution in [0.4, 0.5) is 11.4 Å². The number of hydrogen-bond acceptors (Lipinski definition) is 3. The Morgan fingerprint density at radius 3 is 2.64 bits per heavy atom. The van der Waals surface area contributed by atoms with Gasteiger partial charge in [-0.25, -0.2) is 0 Å². The molecule has 2 rings (SSSR count). The van der Waals surface area contributed by atoms with Crippen molar-refractivity contribution in [1.29, 1.82) is 0 Å². The maximum absolute atomic E-state index is 11.6. The standard InChI is InChI=1S/C10H13N3O/c11-6-1-4-8(9(12)5-6)10(14)13-7-2-3-7/h1,4-5,7H,2-3,11-12H2,(H,13,14). The van der Waals surface area contributed by atoms with Crippen molar-refractivity contribution < 1.29 is 4.79 Å². The average molecular weight is 191 g/mol. The number of carbonyl (C=O) groups is 1. The zero-order chi connectivity index (χ0) is 10.1. The highest BCUT2D eigenvalue weighted by atomic mass is 16.1. The third kappa shape index (κ3) is 1.79. The molecule has 0 aliphatic heterocycles. The normalized spacial score (nSPS) is 15.1. The van der Waals surface area contributed by atoms with Gasteiger partial charge in [0.15, 0.2) is 0 Å². The molecule has 1 aromatic rings. The molecule has 1 aliphatic rings. The summed E-state index contributed by atoms with van der Waals surface area (Å²) in [5.41, 5.74) is 12.7. The molecule has 74 valence electrons. The van der Waals surface area contributed by atoms with E-state index in [-0.39, 0.29) is 5.91 Å². The van der Waals surface area contributed by atoms with Crippen LogP contribution in [0.3, 0.4) is 0 Å². The molecule has 1 aliphatic carbocycles. The van der Waals surface area contributed by atoms with Crippen LogP contribution in [0, 0.1) is 0 Å². The predicted octanol–water partition coefficient (Wildman–Crippen LogP) is 0.743. The molecule has 0 heterocycles. The lowest BCUT2D eigenvalue weighted by molar-refractivity contribution is 0.0952. The molecule has 0 saturated heterocycles. The fraction of sp³-hybridized carbons (Fsp3) is 0.300. The molecule has 0 radical (unpaired) electrons. The van der Waals surface area contributed by atoms with E-state index in [1.54, 1.807) is 18.2 Å². The molecule has 1 aromatic carbocycles. The summed E-state index contributed by atoms with van der Waals surface area (Å²) in [7, 11) is 0. The second kappa shape index (κ2) is 3.21. The molecule has 5 N–H and O–H groups in total. The maximum Gasteiger partial charge on any atom is 0.253 e. The van der Waals surface area contributed by atoms with Crippen molar-refractivity contribution in [1.82, 2.24) is 5.32 Å². The first kappa shape index (κ1) is 8.87. The van der Waals surface area contributed by atoms with Crippen LogP contribution < -0.4 is 16.8 Å². The van der Waals surface area contributed by atoms with Gasteiger partial charge in [-0.2, -0.15) is 0 Å². The monoisotopic (exact) mass is 191 g/mol. The van der Waals surface area contributed by atoms with Gasteiger partial charge in [-0.1, -0.05) is 0 Å². The van der Waals surface area contributed by atoms with Crippen LogP contribution in [-0.4, -0.2) is 11.9 Å². The summed E-state index contributed by atoms with van der Waals surface area (Å²) in [4.78, 5) is 11.6. The number of rotatable bonds is 2. The molecule has 1 amide bonds. The van der Waals surface area contributed by atoms with Crippen LogP contribution in [0.25, 0.3) is 0 Å². The van der Waals surface area contributed by atoms with Crippen LogP contribution >= 0.6 is 0 Å². The third-order valence-electron chi connectivity index (χ3n) is 2.23. The minimum absolute atomic E-state index is 0.106. The highest BCUT2D eigenvalue weighted by molar-refractivity contribution is 5.99. The summed E-state index contributed by atoms with van der Waals surface area (Å²) in [5, 5.41) is 2.87.